The molecule has 0 saturated heterocycles. The molecular formula is C15H18N2O3S2. The molecule has 0 aliphatic heterocycles. The minimum atomic E-state index is -1.12. The van der Waals surface area contributed by atoms with Crippen LogP contribution in [0.15, 0.2) is 34.3 Å². The number of carbonyl (C=O) groups is 2. The van der Waals surface area contributed by atoms with Gasteiger partial charge in [0.25, 0.3) is 5.91 Å². The van der Waals surface area contributed by atoms with Crippen LogP contribution < -0.4 is 5.32 Å². The summed E-state index contributed by atoms with van der Waals surface area (Å²) in [5.41, 5.74) is -0.354. The molecule has 0 aliphatic rings. The molecule has 0 bridgehead atoms. The van der Waals surface area contributed by atoms with Crippen LogP contribution in [0, 0.1) is 0 Å². The number of nitrogens with one attached hydrogen (secondary N) is 1. The van der Waals surface area contributed by atoms with Crippen LogP contribution in [0.1, 0.15) is 22.2 Å². The molecule has 1 unspecified atom stereocenters. The van der Waals surface area contributed by atoms with Crippen LogP contribution in [-0.4, -0.2) is 42.0 Å². The van der Waals surface area contributed by atoms with Crippen molar-refractivity contribution >= 4 is 34.5 Å². The summed E-state index contributed by atoms with van der Waals surface area (Å²) in [4.78, 5) is 25.9. The predicted molar refractivity (Wildman–Crippen MR) is 88.2 cm³/mol. The van der Waals surface area contributed by atoms with Gasteiger partial charge in [0.2, 0.25) is 5.91 Å². The van der Waals surface area contributed by atoms with E-state index >= 15 is 0 Å². The number of nitrogens with zero attached hydrogens (tertiary/aromatic N) is 1. The number of carbonyl (C=O) groups excluding carboxylic acids is 2. The lowest BCUT2D eigenvalue weighted by Gasteiger charge is -2.23. The van der Waals surface area contributed by atoms with Crippen molar-refractivity contribution in [3.8, 4) is 0 Å². The van der Waals surface area contributed by atoms with Crippen LogP contribution in [0.4, 0.5) is 0 Å². The molecular weight excluding hydrogens is 320 g/mol. The molecule has 2 N–H and O–H groups in total. The zero-order chi connectivity index (χ0) is 16.2. The predicted octanol–water partition coefficient (Wildman–Crippen LogP) is 1.91. The average Bonchev–Trinajstić information content (AvgIpc) is 3.16. The Bertz CT molecular complexity index is 621. The highest BCUT2D eigenvalue weighted by molar-refractivity contribution is 7.12. The zero-order valence-electron chi connectivity index (χ0n) is 12.4. The van der Waals surface area contributed by atoms with Crippen LogP contribution in [0.25, 0.3) is 0 Å². The Morgan fingerprint density at radius 2 is 2.14 bits per heavy atom. The molecule has 0 radical (unpaired) electrons. The van der Waals surface area contributed by atoms with E-state index in [4.69, 9.17) is 0 Å². The summed E-state index contributed by atoms with van der Waals surface area (Å²) in [5, 5.41) is 18.5. The van der Waals surface area contributed by atoms with E-state index in [-0.39, 0.29) is 24.9 Å². The highest BCUT2D eigenvalue weighted by atomic mass is 32.1. The first-order valence-corrected chi connectivity index (χ1v) is 8.53. The summed E-state index contributed by atoms with van der Waals surface area (Å²) in [7, 11) is 1.58. The molecule has 2 aromatic rings. The molecule has 22 heavy (non-hydrogen) atoms. The van der Waals surface area contributed by atoms with Gasteiger partial charge in [-0.1, -0.05) is 6.07 Å². The normalized spacial score (nSPS) is 13.4. The van der Waals surface area contributed by atoms with E-state index in [1.807, 2.05) is 22.2 Å². The van der Waals surface area contributed by atoms with Crippen molar-refractivity contribution in [2.75, 3.05) is 20.1 Å². The van der Waals surface area contributed by atoms with E-state index < -0.39 is 5.60 Å². The summed E-state index contributed by atoms with van der Waals surface area (Å²) in [5.74, 6) is -0.488. The molecule has 0 spiro atoms. The lowest BCUT2D eigenvalue weighted by atomic mass is 9.99. The summed E-state index contributed by atoms with van der Waals surface area (Å²) < 4.78 is 0. The van der Waals surface area contributed by atoms with Gasteiger partial charge < -0.3 is 15.3 Å². The fraction of sp³-hybridized carbons (Fsp3) is 0.333. The molecule has 118 valence electrons. The quantitative estimate of drug-likeness (QED) is 0.845. The Morgan fingerprint density at radius 3 is 2.73 bits per heavy atom. The molecule has 2 aromatic heterocycles. The van der Waals surface area contributed by atoms with Gasteiger partial charge in [-0.3, -0.25) is 9.59 Å². The third-order valence-corrected chi connectivity index (χ3v) is 4.77. The molecule has 0 aromatic carbocycles. The SMILES string of the molecule is CN(CC(=O)NCC(C)(O)c1ccsc1)C(=O)c1cccs1. The lowest BCUT2D eigenvalue weighted by molar-refractivity contribution is -0.122. The van der Waals surface area contributed by atoms with Crippen LogP contribution in [0.5, 0.6) is 0 Å². The van der Waals surface area contributed by atoms with Crippen molar-refractivity contribution in [1.29, 1.82) is 0 Å². The molecule has 0 saturated carbocycles. The van der Waals surface area contributed by atoms with Gasteiger partial charge in [-0.05, 0) is 40.8 Å². The number of amides is 2. The maximum Gasteiger partial charge on any atom is 0.264 e. The molecule has 1 atom stereocenters. The number of rotatable bonds is 6. The van der Waals surface area contributed by atoms with Crippen LogP contribution in [0.2, 0.25) is 0 Å². The van der Waals surface area contributed by atoms with E-state index in [0.29, 0.717) is 4.88 Å². The average molecular weight is 338 g/mol. The second-order valence-corrected chi connectivity index (χ2v) is 6.93. The Morgan fingerprint density at radius 1 is 1.36 bits per heavy atom. The van der Waals surface area contributed by atoms with Crippen molar-refractivity contribution < 1.29 is 14.7 Å². The third kappa shape index (κ3) is 4.16. The van der Waals surface area contributed by atoms with Crippen molar-refractivity contribution in [3.63, 3.8) is 0 Å². The van der Waals surface area contributed by atoms with Gasteiger partial charge in [-0.15, -0.1) is 11.3 Å². The minimum absolute atomic E-state index is 0.0452. The Labute approximate surface area is 137 Å². The maximum atomic E-state index is 12.0. The molecule has 5 nitrogen and oxygen atoms in total. The van der Waals surface area contributed by atoms with Gasteiger partial charge in [-0.25, -0.2) is 0 Å². The van der Waals surface area contributed by atoms with Crippen LogP contribution >= 0.6 is 22.7 Å². The number of hydrogen-bond acceptors (Lipinski definition) is 5. The van der Waals surface area contributed by atoms with Crippen LogP contribution in [0.3, 0.4) is 0 Å². The molecule has 7 heteroatoms. The Kier molecular flexibility index (Phi) is 5.33. The fourth-order valence-corrected chi connectivity index (χ4v) is 3.38. The first-order valence-electron chi connectivity index (χ1n) is 6.71. The van der Waals surface area contributed by atoms with E-state index in [1.54, 1.807) is 26.1 Å². The van der Waals surface area contributed by atoms with Gasteiger partial charge in [0.1, 0.15) is 5.60 Å². The van der Waals surface area contributed by atoms with Crippen LogP contribution in [-0.2, 0) is 10.4 Å². The number of aliphatic hydroxyl groups is 1. The molecule has 2 rings (SSSR count). The van der Waals surface area contributed by atoms with E-state index in [0.717, 1.165) is 5.56 Å². The summed E-state index contributed by atoms with van der Waals surface area (Å²) in [6, 6.07) is 5.34. The highest BCUT2D eigenvalue weighted by Gasteiger charge is 2.24. The summed E-state index contributed by atoms with van der Waals surface area (Å²) in [6.07, 6.45) is 0. The van der Waals surface area contributed by atoms with Crippen molar-refractivity contribution in [2.45, 2.75) is 12.5 Å². The zero-order valence-corrected chi connectivity index (χ0v) is 14.0. The first kappa shape index (κ1) is 16.7. The third-order valence-electron chi connectivity index (χ3n) is 3.23. The van der Waals surface area contributed by atoms with Crippen molar-refractivity contribution in [3.05, 3.63) is 44.8 Å². The standard InChI is InChI=1S/C15H18N2O3S2/c1-15(20,11-5-7-21-9-11)10-16-13(18)8-17(2)14(19)12-4-3-6-22-12/h3-7,9,20H,8,10H2,1-2H3,(H,16,18). The van der Waals surface area contributed by atoms with Gasteiger partial charge in [0, 0.05) is 7.05 Å². The Hall–Kier alpha value is -1.70. The second-order valence-electron chi connectivity index (χ2n) is 5.20. The minimum Gasteiger partial charge on any atom is -0.384 e. The summed E-state index contributed by atoms with van der Waals surface area (Å²) >= 11 is 2.83. The van der Waals surface area contributed by atoms with E-state index in [2.05, 4.69) is 5.32 Å². The lowest BCUT2D eigenvalue weighted by Crippen LogP contribution is -2.43. The highest BCUT2D eigenvalue weighted by Crippen LogP contribution is 2.21. The maximum absolute atomic E-state index is 12.0. The first-order chi connectivity index (χ1) is 10.4. The fourth-order valence-electron chi connectivity index (χ4n) is 1.88. The number of hydrogen-bond donors (Lipinski definition) is 2. The van der Waals surface area contributed by atoms with Gasteiger partial charge >= 0.3 is 0 Å². The second kappa shape index (κ2) is 7.04. The van der Waals surface area contributed by atoms with Gasteiger partial charge in [-0.2, -0.15) is 11.3 Å². The van der Waals surface area contributed by atoms with Crippen molar-refractivity contribution in [1.82, 2.24) is 10.2 Å². The van der Waals surface area contributed by atoms with E-state index in [9.17, 15) is 14.7 Å². The van der Waals surface area contributed by atoms with E-state index in [1.165, 1.54) is 27.6 Å². The molecule has 2 heterocycles. The Balaban J connectivity index is 1.84. The topological polar surface area (TPSA) is 69.6 Å². The molecule has 0 fully saturated rings. The molecule has 2 amide bonds. The summed E-state index contributed by atoms with van der Waals surface area (Å²) in [6.45, 7) is 1.70. The monoisotopic (exact) mass is 338 g/mol. The van der Waals surface area contributed by atoms with Crippen molar-refractivity contribution in [2.24, 2.45) is 0 Å². The van der Waals surface area contributed by atoms with Gasteiger partial charge in [0.05, 0.1) is 18.0 Å². The van der Waals surface area contributed by atoms with Gasteiger partial charge in [0.15, 0.2) is 0 Å². The molecule has 0 aliphatic carbocycles. The number of likely N-dealkylation sites (N-methyl/N-ethyl adjacent to an activating group) is 1. The smallest absolute Gasteiger partial charge is 0.264 e. The largest absolute Gasteiger partial charge is 0.384 e. The number of thiophene rings is 2.